The van der Waals surface area contributed by atoms with Gasteiger partial charge in [0.2, 0.25) is 0 Å². The van der Waals surface area contributed by atoms with Gasteiger partial charge in [-0.15, -0.1) is 0 Å². The Morgan fingerprint density at radius 3 is 2.52 bits per heavy atom. The van der Waals surface area contributed by atoms with Crippen molar-refractivity contribution in [3.05, 3.63) is 70.8 Å². The Hall–Kier alpha value is -2.61. The van der Waals surface area contributed by atoms with Crippen LogP contribution in [0.5, 0.6) is 0 Å². The number of pyridine rings is 1. The second kappa shape index (κ2) is 6.53. The minimum absolute atomic E-state index is 0.287. The quantitative estimate of drug-likeness (QED) is 0.412. The summed E-state index contributed by atoms with van der Waals surface area (Å²) in [5, 5.41) is 1.04. The van der Waals surface area contributed by atoms with Crippen molar-refractivity contribution in [2.75, 3.05) is 0 Å². The van der Waals surface area contributed by atoms with Crippen LogP contribution < -0.4 is 0 Å². The number of hydrogen-bond acceptors (Lipinski definition) is 2. The highest BCUT2D eigenvalue weighted by atomic mass is 79.9. The van der Waals surface area contributed by atoms with Gasteiger partial charge in [-0.3, -0.25) is 0 Å². The van der Waals surface area contributed by atoms with Gasteiger partial charge in [0.05, 0.1) is 5.52 Å². The molecular weight excluding hydrogens is 421 g/mol. The van der Waals surface area contributed by atoms with Gasteiger partial charge in [-0.05, 0) is 33.6 Å². The van der Waals surface area contributed by atoms with Crippen LogP contribution in [0, 0.1) is 0 Å². The average molecular weight is 435 g/mol. The number of alkyl halides is 3. The fraction of sp³-hybridized carbons (Fsp3) is 0.158. The van der Waals surface area contributed by atoms with E-state index >= 15 is 0 Å². The second-order valence-corrected chi connectivity index (χ2v) is 7.08. The number of halogens is 4. The summed E-state index contributed by atoms with van der Waals surface area (Å²) in [7, 11) is 1.56. The molecule has 0 atom stereocenters. The Kier molecular flexibility index (Phi) is 4.30. The summed E-state index contributed by atoms with van der Waals surface area (Å²) in [6, 6.07) is 11.3. The predicted octanol–water partition coefficient (Wildman–Crippen LogP) is 5.27. The first-order chi connectivity index (χ1) is 12.8. The molecule has 138 valence electrons. The van der Waals surface area contributed by atoms with Gasteiger partial charge < -0.3 is 9.13 Å². The zero-order valence-corrected chi connectivity index (χ0v) is 15.8. The highest BCUT2D eigenvalue weighted by Crippen LogP contribution is 2.30. The van der Waals surface area contributed by atoms with E-state index in [1.165, 1.54) is 4.57 Å². The lowest BCUT2D eigenvalue weighted by atomic mass is 10.1. The first-order valence-corrected chi connectivity index (χ1v) is 8.91. The molecule has 0 fully saturated rings. The highest BCUT2D eigenvalue weighted by Gasteiger charge is 2.34. The number of benzene rings is 1. The Bertz CT molecular complexity index is 1110. The lowest BCUT2D eigenvalue weighted by Crippen LogP contribution is -2.04. The van der Waals surface area contributed by atoms with Crippen molar-refractivity contribution in [2.45, 2.75) is 12.7 Å². The molecule has 1 aromatic carbocycles. The van der Waals surface area contributed by atoms with E-state index < -0.39 is 11.9 Å². The number of imidazole rings is 1. The minimum Gasteiger partial charge on any atom is -0.343 e. The number of hydrogen-bond donors (Lipinski definition) is 0. The molecule has 0 spiro atoms. The SMILES string of the molecule is Cn1cc(C(F)(F)F)nc1-c1ccc(Cn2ccc3cnc(Br)cc32)cc1. The summed E-state index contributed by atoms with van der Waals surface area (Å²) in [5.41, 5.74) is 1.84. The summed E-state index contributed by atoms with van der Waals surface area (Å²) in [4.78, 5) is 7.94. The molecule has 0 bridgehead atoms. The number of aromatic nitrogens is 4. The van der Waals surface area contributed by atoms with Crippen molar-refractivity contribution < 1.29 is 13.2 Å². The summed E-state index contributed by atoms with van der Waals surface area (Å²) in [5.74, 6) is 0.287. The van der Waals surface area contributed by atoms with Crippen LogP contribution >= 0.6 is 15.9 Å². The maximum Gasteiger partial charge on any atom is 0.434 e. The fourth-order valence-electron chi connectivity index (χ4n) is 3.02. The average Bonchev–Trinajstić information content (AvgIpc) is 3.19. The minimum atomic E-state index is -4.45. The van der Waals surface area contributed by atoms with E-state index in [0.29, 0.717) is 12.1 Å². The Morgan fingerprint density at radius 1 is 1.11 bits per heavy atom. The van der Waals surface area contributed by atoms with Crippen molar-refractivity contribution in [1.82, 2.24) is 19.1 Å². The second-order valence-electron chi connectivity index (χ2n) is 6.26. The summed E-state index contributed by atoms with van der Waals surface area (Å²) in [6.07, 6.45) is 0.342. The van der Waals surface area contributed by atoms with Crippen LogP contribution in [0.4, 0.5) is 13.2 Å². The van der Waals surface area contributed by atoms with Crippen LogP contribution in [0.2, 0.25) is 0 Å². The van der Waals surface area contributed by atoms with Crippen LogP contribution in [0.3, 0.4) is 0 Å². The Morgan fingerprint density at radius 2 is 1.85 bits per heavy atom. The molecule has 27 heavy (non-hydrogen) atoms. The van der Waals surface area contributed by atoms with Gasteiger partial charge in [0, 0.05) is 43.1 Å². The molecule has 0 amide bonds. The molecular formula is C19H14BrF3N4. The normalized spacial score (nSPS) is 12.0. The predicted molar refractivity (Wildman–Crippen MR) is 100 cm³/mol. The molecule has 3 aromatic heterocycles. The summed E-state index contributed by atoms with van der Waals surface area (Å²) >= 11 is 3.38. The molecule has 4 nitrogen and oxygen atoms in total. The van der Waals surface area contributed by atoms with Crippen LogP contribution in [-0.4, -0.2) is 19.1 Å². The largest absolute Gasteiger partial charge is 0.434 e. The van der Waals surface area contributed by atoms with Crippen LogP contribution in [0.15, 0.2) is 59.6 Å². The van der Waals surface area contributed by atoms with Gasteiger partial charge in [-0.25, -0.2) is 9.97 Å². The Labute approximate surface area is 161 Å². The maximum absolute atomic E-state index is 12.8. The molecule has 0 saturated heterocycles. The van der Waals surface area contributed by atoms with Crippen LogP contribution in [0.25, 0.3) is 22.3 Å². The molecule has 0 aliphatic heterocycles. The van der Waals surface area contributed by atoms with Gasteiger partial charge in [0.15, 0.2) is 5.69 Å². The lowest BCUT2D eigenvalue weighted by Gasteiger charge is -2.07. The van der Waals surface area contributed by atoms with E-state index in [0.717, 1.165) is 27.3 Å². The highest BCUT2D eigenvalue weighted by molar-refractivity contribution is 9.10. The van der Waals surface area contributed by atoms with Gasteiger partial charge >= 0.3 is 6.18 Å². The molecule has 4 rings (SSSR count). The number of aryl methyl sites for hydroxylation is 1. The number of fused-ring (bicyclic) bond motifs is 1. The topological polar surface area (TPSA) is 35.6 Å². The van der Waals surface area contributed by atoms with Crippen molar-refractivity contribution in [3.63, 3.8) is 0 Å². The number of nitrogens with zero attached hydrogens (tertiary/aromatic N) is 4. The summed E-state index contributed by atoms with van der Waals surface area (Å²) in [6.45, 7) is 0.647. The van der Waals surface area contributed by atoms with Gasteiger partial charge in [-0.1, -0.05) is 24.3 Å². The van der Waals surface area contributed by atoms with Crippen molar-refractivity contribution in [3.8, 4) is 11.4 Å². The van der Waals surface area contributed by atoms with Gasteiger partial charge in [0.1, 0.15) is 10.4 Å². The van der Waals surface area contributed by atoms with Gasteiger partial charge in [0.25, 0.3) is 0 Å². The van der Waals surface area contributed by atoms with E-state index in [1.54, 1.807) is 25.4 Å². The molecule has 0 saturated carbocycles. The third kappa shape index (κ3) is 3.49. The molecule has 4 aromatic rings. The van der Waals surface area contributed by atoms with Crippen molar-refractivity contribution in [1.29, 1.82) is 0 Å². The van der Waals surface area contributed by atoms with E-state index in [9.17, 15) is 13.2 Å². The van der Waals surface area contributed by atoms with E-state index in [-0.39, 0.29) is 5.82 Å². The molecule has 3 heterocycles. The van der Waals surface area contributed by atoms with Gasteiger partial charge in [-0.2, -0.15) is 13.2 Å². The molecule has 0 aliphatic carbocycles. The van der Waals surface area contributed by atoms with Crippen molar-refractivity contribution in [2.24, 2.45) is 7.05 Å². The Balaban J connectivity index is 1.61. The van der Waals surface area contributed by atoms with E-state index in [1.807, 2.05) is 30.5 Å². The zero-order valence-electron chi connectivity index (χ0n) is 14.2. The molecule has 0 unspecified atom stereocenters. The first-order valence-electron chi connectivity index (χ1n) is 8.11. The lowest BCUT2D eigenvalue weighted by molar-refractivity contribution is -0.140. The molecule has 0 N–H and O–H groups in total. The number of rotatable bonds is 3. The third-order valence-corrected chi connectivity index (χ3v) is 4.79. The third-order valence-electron chi connectivity index (χ3n) is 4.35. The molecule has 0 aliphatic rings. The van der Waals surface area contributed by atoms with Crippen molar-refractivity contribution >= 4 is 26.8 Å². The monoisotopic (exact) mass is 434 g/mol. The summed E-state index contributed by atoms with van der Waals surface area (Å²) < 4.78 is 42.8. The van der Waals surface area contributed by atoms with E-state index in [2.05, 4.69) is 30.5 Å². The first kappa shape index (κ1) is 17.8. The zero-order chi connectivity index (χ0) is 19.2. The maximum atomic E-state index is 12.8. The molecule has 8 heteroatoms. The van der Waals surface area contributed by atoms with Crippen LogP contribution in [-0.2, 0) is 19.8 Å². The standard InChI is InChI=1S/C19H14BrF3N4/c1-26-11-16(19(21,22)23)25-18(26)13-4-2-12(3-5-13)10-27-7-6-14-9-24-17(20)8-15(14)27/h2-9,11H,10H2,1H3. The smallest absolute Gasteiger partial charge is 0.343 e. The van der Waals surface area contributed by atoms with Crippen LogP contribution in [0.1, 0.15) is 11.3 Å². The van der Waals surface area contributed by atoms with E-state index in [4.69, 9.17) is 0 Å². The fourth-order valence-corrected chi connectivity index (χ4v) is 3.34. The molecule has 0 radical (unpaired) electrons.